The Labute approximate surface area is 178 Å². The number of halogens is 2. The lowest BCUT2D eigenvalue weighted by Gasteiger charge is -2.13. The summed E-state index contributed by atoms with van der Waals surface area (Å²) in [5.41, 5.74) is 1.09. The maximum Gasteiger partial charge on any atom is 0.272 e. The highest BCUT2D eigenvalue weighted by molar-refractivity contribution is 7.98. The monoisotopic (exact) mass is 450 g/mol. The highest BCUT2D eigenvalue weighted by Crippen LogP contribution is 2.30. The van der Waals surface area contributed by atoms with E-state index in [1.807, 2.05) is 15.8 Å². The van der Waals surface area contributed by atoms with Crippen molar-refractivity contribution < 1.29 is 9.13 Å². The van der Waals surface area contributed by atoms with E-state index >= 15 is 0 Å². The number of nitrogens with zero attached hydrogens (tertiary/aromatic N) is 4. The van der Waals surface area contributed by atoms with Crippen LogP contribution in [-0.4, -0.2) is 31.9 Å². The van der Waals surface area contributed by atoms with Gasteiger partial charge in [-0.25, -0.2) is 4.39 Å². The predicted molar refractivity (Wildman–Crippen MR) is 113 cm³/mol. The van der Waals surface area contributed by atoms with Crippen molar-refractivity contribution in [2.45, 2.75) is 36.4 Å². The third-order valence-electron chi connectivity index (χ3n) is 5.00. The Hall–Kier alpha value is -1.94. The maximum absolute atomic E-state index is 14.1. The molecule has 0 aliphatic carbocycles. The van der Waals surface area contributed by atoms with Gasteiger partial charge in [0.1, 0.15) is 10.5 Å². The number of fused-ring (bicyclic) bond motifs is 3. The average Bonchev–Trinajstić information content (AvgIpc) is 3.44. The maximum atomic E-state index is 14.1. The molecule has 6 nitrogen and oxygen atoms in total. The van der Waals surface area contributed by atoms with Crippen LogP contribution in [0.25, 0.3) is 16.0 Å². The zero-order valence-electron chi connectivity index (χ0n) is 15.2. The lowest BCUT2D eigenvalue weighted by atomic mass is 10.2. The molecule has 4 aromatic rings. The number of hydrogen-bond donors (Lipinski definition) is 0. The molecule has 0 unspecified atom stereocenters. The van der Waals surface area contributed by atoms with Gasteiger partial charge in [0.15, 0.2) is 5.16 Å². The fourth-order valence-corrected chi connectivity index (χ4v) is 5.66. The molecule has 10 heteroatoms. The minimum absolute atomic E-state index is 0.000985. The highest BCUT2D eigenvalue weighted by Gasteiger charge is 2.23. The molecule has 1 saturated heterocycles. The summed E-state index contributed by atoms with van der Waals surface area (Å²) in [5, 5.41) is 11.4. The van der Waals surface area contributed by atoms with Gasteiger partial charge in [-0.2, -0.15) is 0 Å². The minimum atomic E-state index is -0.352. The van der Waals surface area contributed by atoms with E-state index in [0.29, 0.717) is 45.1 Å². The van der Waals surface area contributed by atoms with Crippen LogP contribution in [0.3, 0.4) is 0 Å². The quantitative estimate of drug-likeness (QED) is 0.422. The molecule has 1 fully saturated rings. The van der Waals surface area contributed by atoms with Gasteiger partial charge in [-0.3, -0.25) is 13.8 Å². The summed E-state index contributed by atoms with van der Waals surface area (Å²) in [6.45, 7) is 1.16. The van der Waals surface area contributed by atoms with Crippen molar-refractivity contribution in [2.24, 2.45) is 0 Å². The second kappa shape index (κ2) is 7.71. The van der Waals surface area contributed by atoms with Crippen LogP contribution < -0.4 is 5.56 Å². The van der Waals surface area contributed by atoms with E-state index in [2.05, 4.69) is 10.2 Å². The molecule has 0 spiro atoms. The number of thioether (sulfide) groups is 1. The molecule has 1 aliphatic rings. The summed E-state index contributed by atoms with van der Waals surface area (Å²) in [5.74, 6) is 0.427. The molecule has 150 valence electrons. The molecule has 0 N–H and O–H groups in total. The number of thiophene rings is 1. The third kappa shape index (κ3) is 3.35. The molecule has 1 atom stereocenters. The fraction of sp³-hybridized carbons (Fsp3) is 0.316. The molecule has 0 saturated carbocycles. The van der Waals surface area contributed by atoms with Gasteiger partial charge >= 0.3 is 0 Å². The zero-order chi connectivity index (χ0) is 20.0. The number of benzene rings is 1. The second-order valence-corrected chi connectivity index (χ2v) is 9.06. The molecule has 29 heavy (non-hydrogen) atoms. The average molecular weight is 451 g/mol. The molecule has 0 amide bonds. The van der Waals surface area contributed by atoms with Crippen LogP contribution in [0.4, 0.5) is 4.39 Å². The Balaban J connectivity index is 1.58. The van der Waals surface area contributed by atoms with Gasteiger partial charge < -0.3 is 4.74 Å². The summed E-state index contributed by atoms with van der Waals surface area (Å²) < 4.78 is 24.0. The van der Waals surface area contributed by atoms with Crippen molar-refractivity contribution in [1.29, 1.82) is 0 Å². The summed E-state index contributed by atoms with van der Waals surface area (Å²) in [6, 6.07) is 6.52. The molecule has 4 heterocycles. The van der Waals surface area contributed by atoms with Crippen LogP contribution in [0, 0.1) is 5.82 Å². The second-order valence-electron chi connectivity index (χ2n) is 6.79. The molecule has 1 aromatic carbocycles. The van der Waals surface area contributed by atoms with Crippen molar-refractivity contribution in [3.8, 4) is 0 Å². The molecule has 5 rings (SSSR count). The van der Waals surface area contributed by atoms with Crippen LogP contribution in [0.5, 0.6) is 0 Å². The van der Waals surface area contributed by atoms with Crippen LogP contribution in [0.15, 0.2) is 39.6 Å². The van der Waals surface area contributed by atoms with Gasteiger partial charge in [0.05, 0.1) is 18.2 Å². The summed E-state index contributed by atoms with van der Waals surface area (Å²) in [4.78, 5) is 13.0. The number of aromatic nitrogens is 4. The molecule has 1 aliphatic heterocycles. The van der Waals surface area contributed by atoms with Crippen LogP contribution in [0.2, 0.25) is 5.02 Å². The van der Waals surface area contributed by atoms with Gasteiger partial charge in [-0.1, -0.05) is 29.4 Å². The Morgan fingerprint density at radius 3 is 3.03 bits per heavy atom. The van der Waals surface area contributed by atoms with Crippen molar-refractivity contribution in [3.63, 3.8) is 0 Å². The Kier molecular flexibility index (Phi) is 5.07. The first-order valence-electron chi connectivity index (χ1n) is 9.16. The first kappa shape index (κ1) is 19.0. The van der Waals surface area contributed by atoms with E-state index in [4.69, 9.17) is 16.3 Å². The van der Waals surface area contributed by atoms with Crippen LogP contribution in [0.1, 0.15) is 18.4 Å². The van der Waals surface area contributed by atoms with E-state index < -0.39 is 0 Å². The van der Waals surface area contributed by atoms with Gasteiger partial charge in [-0.05, 0) is 36.4 Å². The third-order valence-corrected chi connectivity index (χ3v) is 7.20. The summed E-state index contributed by atoms with van der Waals surface area (Å²) >= 11 is 8.88. The Morgan fingerprint density at radius 2 is 2.24 bits per heavy atom. The van der Waals surface area contributed by atoms with Gasteiger partial charge in [0.2, 0.25) is 5.78 Å². The number of hydrogen-bond acceptors (Lipinski definition) is 6. The standard InChI is InChI=1S/C19H16ClFN4O2S2/c20-13-4-1-5-14(21)12(13)10-29-19-23-22-18-24(9-11-3-2-7-27-11)17(26)16-15(25(18)19)6-8-28-16/h1,4-6,8,11H,2-3,7,9-10H2/t11-/m1/s1. The van der Waals surface area contributed by atoms with Gasteiger partial charge in [0.25, 0.3) is 5.56 Å². The van der Waals surface area contributed by atoms with E-state index in [9.17, 15) is 9.18 Å². The van der Waals surface area contributed by atoms with E-state index in [-0.39, 0.29) is 17.5 Å². The molecule has 0 bridgehead atoms. The topological polar surface area (TPSA) is 61.4 Å². The van der Waals surface area contributed by atoms with Crippen LogP contribution in [-0.2, 0) is 17.0 Å². The van der Waals surface area contributed by atoms with Crippen molar-refractivity contribution in [2.75, 3.05) is 6.61 Å². The van der Waals surface area contributed by atoms with Crippen molar-refractivity contribution in [3.05, 3.63) is 56.4 Å². The SMILES string of the molecule is O=c1c2sccc2n2c(SCc3c(F)cccc3Cl)nnc2n1C[C@H]1CCCO1. The van der Waals surface area contributed by atoms with Crippen LogP contribution >= 0.6 is 34.7 Å². The van der Waals surface area contributed by atoms with Crippen molar-refractivity contribution >= 4 is 50.7 Å². The van der Waals surface area contributed by atoms with Crippen molar-refractivity contribution in [1.82, 2.24) is 19.2 Å². The number of rotatable bonds is 5. The normalized spacial score (nSPS) is 17.0. The Morgan fingerprint density at radius 1 is 1.34 bits per heavy atom. The van der Waals surface area contributed by atoms with E-state index in [1.165, 1.54) is 29.2 Å². The van der Waals surface area contributed by atoms with E-state index in [0.717, 1.165) is 18.4 Å². The largest absolute Gasteiger partial charge is 0.376 e. The summed E-state index contributed by atoms with van der Waals surface area (Å²) in [7, 11) is 0. The minimum Gasteiger partial charge on any atom is -0.376 e. The number of ether oxygens (including phenoxy) is 1. The first-order chi connectivity index (χ1) is 14.1. The fourth-order valence-electron chi connectivity index (χ4n) is 3.56. The Bertz CT molecular complexity index is 1240. The van der Waals surface area contributed by atoms with Gasteiger partial charge in [0, 0.05) is 22.9 Å². The molecular formula is C19H16ClFN4O2S2. The lowest BCUT2D eigenvalue weighted by Crippen LogP contribution is -2.28. The lowest BCUT2D eigenvalue weighted by molar-refractivity contribution is 0.0969. The summed E-state index contributed by atoms with van der Waals surface area (Å²) in [6.07, 6.45) is 1.91. The zero-order valence-corrected chi connectivity index (χ0v) is 17.6. The molecule has 0 radical (unpaired) electrons. The smallest absolute Gasteiger partial charge is 0.272 e. The molecular weight excluding hydrogens is 435 g/mol. The van der Waals surface area contributed by atoms with Gasteiger partial charge in [-0.15, -0.1) is 21.5 Å². The predicted octanol–water partition coefficient (Wildman–Crippen LogP) is 4.37. The first-order valence-corrected chi connectivity index (χ1v) is 11.4. The molecule has 3 aromatic heterocycles. The van der Waals surface area contributed by atoms with E-state index in [1.54, 1.807) is 16.7 Å². The highest BCUT2D eigenvalue weighted by atomic mass is 35.5.